The summed E-state index contributed by atoms with van der Waals surface area (Å²) in [6, 6.07) is 15.3. The lowest BCUT2D eigenvalue weighted by atomic mass is 10.1. The Labute approximate surface area is 122 Å². The van der Waals surface area contributed by atoms with Crippen LogP contribution in [0, 0.1) is 13.8 Å². The van der Waals surface area contributed by atoms with Crippen molar-refractivity contribution >= 4 is 5.69 Å². The Kier molecular flexibility index (Phi) is 4.80. The van der Waals surface area contributed by atoms with E-state index in [9.17, 15) is 0 Å². The summed E-state index contributed by atoms with van der Waals surface area (Å²) in [6.07, 6.45) is 0. The molecule has 0 aliphatic carbocycles. The maximum absolute atomic E-state index is 3.51. The molecule has 2 rings (SSSR count). The lowest BCUT2D eigenvalue weighted by Gasteiger charge is -2.13. The van der Waals surface area contributed by atoms with Gasteiger partial charge in [0.25, 0.3) is 0 Å². The van der Waals surface area contributed by atoms with Gasteiger partial charge in [-0.1, -0.05) is 35.9 Å². The Morgan fingerprint density at radius 3 is 2.20 bits per heavy atom. The van der Waals surface area contributed by atoms with Crippen molar-refractivity contribution < 1.29 is 0 Å². The van der Waals surface area contributed by atoms with Crippen LogP contribution in [0.25, 0.3) is 0 Å². The maximum Gasteiger partial charge on any atom is 0.0361 e. The van der Waals surface area contributed by atoms with E-state index in [1.54, 1.807) is 0 Å². The molecular formula is C18H24N2. The minimum atomic E-state index is 0.904. The third-order valence-corrected chi connectivity index (χ3v) is 3.60. The van der Waals surface area contributed by atoms with Crippen molar-refractivity contribution in [1.82, 2.24) is 5.32 Å². The number of rotatable bonds is 5. The summed E-state index contributed by atoms with van der Waals surface area (Å²) in [7, 11) is 4.13. The highest BCUT2D eigenvalue weighted by molar-refractivity contribution is 5.46. The molecule has 0 aliphatic heterocycles. The summed E-state index contributed by atoms with van der Waals surface area (Å²) in [4.78, 5) is 2.12. The first-order chi connectivity index (χ1) is 9.56. The molecular weight excluding hydrogens is 244 g/mol. The molecule has 20 heavy (non-hydrogen) atoms. The molecule has 2 aromatic carbocycles. The zero-order valence-electron chi connectivity index (χ0n) is 12.9. The molecule has 0 spiro atoms. The van der Waals surface area contributed by atoms with Gasteiger partial charge in [0.05, 0.1) is 0 Å². The Morgan fingerprint density at radius 2 is 1.60 bits per heavy atom. The summed E-state index contributed by atoms with van der Waals surface area (Å²) in [5, 5.41) is 3.51. The Morgan fingerprint density at radius 1 is 0.900 bits per heavy atom. The molecule has 0 atom stereocenters. The first kappa shape index (κ1) is 14.6. The minimum absolute atomic E-state index is 0.904. The van der Waals surface area contributed by atoms with Crippen LogP contribution < -0.4 is 10.2 Å². The van der Waals surface area contributed by atoms with Crippen LogP contribution in [0.15, 0.2) is 42.5 Å². The van der Waals surface area contributed by atoms with Gasteiger partial charge < -0.3 is 10.2 Å². The number of hydrogen-bond donors (Lipinski definition) is 1. The monoisotopic (exact) mass is 268 g/mol. The molecule has 0 saturated heterocycles. The van der Waals surface area contributed by atoms with E-state index < -0.39 is 0 Å². The van der Waals surface area contributed by atoms with Crippen LogP contribution in [0.3, 0.4) is 0 Å². The van der Waals surface area contributed by atoms with Crippen LogP contribution >= 0.6 is 0 Å². The third kappa shape index (κ3) is 3.84. The summed E-state index contributed by atoms with van der Waals surface area (Å²) in [6.45, 7) is 6.13. The molecule has 0 unspecified atom stereocenters. The number of aryl methyl sites for hydroxylation is 2. The van der Waals surface area contributed by atoms with Gasteiger partial charge in [-0.15, -0.1) is 0 Å². The Balaban J connectivity index is 1.89. The van der Waals surface area contributed by atoms with E-state index in [2.05, 4.69) is 80.6 Å². The molecule has 0 bridgehead atoms. The van der Waals surface area contributed by atoms with E-state index >= 15 is 0 Å². The van der Waals surface area contributed by atoms with Gasteiger partial charge in [0.1, 0.15) is 0 Å². The van der Waals surface area contributed by atoms with Gasteiger partial charge in [-0.05, 0) is 42.7 Å². The fraction of sp³-hybridized carbons (Fsp3) is 0.333. The largest absolute Gasteiger partial charge is 0.378 e. The van der Waals surface area contributed by atoms with Crippen LogP contribution in [0.1, 0.15) is 22.3 Å². The van der Waals surface area contributed by atoms with Gasteiger partial charge in [0.2, 0.25) is 0 Å². The molecule has 0 amide bonds. The molecule has 0 saturated carbocycles. The maximum atomic E-state index is 3.51. The average Bonchev–Trinajstić information content (AvgIpc) is 2.42. The zero-order chi connectivity index (χ0) is 14.5. The first-order valence-corrected chi connectivity index (χ1v) is 7.09. The smallest absolute Gasteiger partial charge is 0.0361 e. The van der Waals surface area contributed by atoms with Gasteiger partial charge in [-0.3, -0.25) is 0 Å². The summed E-state index contributed by atoms with van der Waals surface area (Å²) in [5.41, 5.74) is 6.62. The van der Waals surface area contributed by atoms with Gasteiger partial charge in [-0.2, -0.15) is 0 Å². The first-order valence-electron chi connectivity index (χ1n) is 7.09. The van der Waals surface area contributed by atoms with E-state index in [1.807, 2.05) is 0 Å². The lowest BCUT2D eigenvalue weighted by molar-refractivity contribution is 0.690. The van der Waals surface area contributed by atoms with Gasteiger partial charge in [-0.25, -0.2) is 0 Å². The van der Waals surface area contributed by atoms with Gasteiger partial charge >= 0.3 is 0 Å². The summed E-state index contributed by atoms with van der Waals surface area (Å²) < 4.78 is 0. The highest BCUT2D eigenvalue weighted by Crippen LogP contribution is 2.13. The second kappa shape index (κ2) is 6.58. The number of nitrogens with zero attached hydrogens (tertiary/aromatic N) is 1. The number of nitrogens with one attached hydrogen (secondary N) is 1. The van der Waals surface area contributed by atoms with Crippen molar-refractivity contribution in [1.29, 1.82) is 0 Å². The highest BCUT2D eigenvalue weighted by atomic mass is 15.1. The molecule has 0 aromatic heterocycles. The molecule has 106 valence electrons. The van der Waals surface area contributed by atoms with Crippen molar-refractivity contribution in [3.63, 3.8) is 0 Å². The molecule has 0 heterocycles. The molecule has 0 radical (unpaired) electrons. The van der Waals surface area contributed by atoms with Gasteiger partial charge in [0.15, 0.2) is 0 Å². The van der Waals surface area contributed by atoms with E-state index in [0.717, 1.165) is 13.1 Å². The van der Waals surface area contributed by atoms with Crippen molar-refractivity contribution in [3.05, 3.63) is 64.7 Å². The van der Waals surface area contributed by atoms with E-state index in [0.29, 0.717) is 0 Å². The van der Waals surface area contributed by atoms with Crippen LogP contribution in [0.4, 0.5) is 5.69 Å². The minimum Gasteiger partial charge on any atom is -0.378 e. The van der Waals surface area contributed by atoms with Crippen LogP contribution in [0.2, 0.25) is 0 Å². The molecule has 0 aliphatic rings. The normalized spacial score (nSPS) is 10.6. The predicted molar refractivity (Wildman–Crippen MR) is 87.2 cm³/mol. The standard InChI is InChI=1S/C18H24N2/c1-14-5-8-17(15(2)11-14)13-19-12-16-6-9-18(10-7-16)20(3)4/h5-11,19H,12-13H2,1-4H3. The van der Waals surface area contributed by atoms with E-state index in [-0.39, 0.29) is 0 Å². The molecule has 2 nitrogen and oxygen atoms in total. The predicted octanol–water partition coefficient (Wildman–Crippen LogP) is 3.66. The average molecular weight is 268 g/mol. The second-order valence-electron chi connectivity index (χ2n) is 5.59. The summed E-state index contributed by atoms with van der Waals surface area (Å²) >= 11 is 0. The van der Waals surface area contributed by atoms with Crippen molar-refractivity contribution in [2.45, 2.75) is 26.9 Å². The summed E-state index contributed by atoms with van der Waals surface area (Å²) in [5.74, 6) is 0. The quantitative estimate of drug-likeness (QED) is 0.890. The number of anilines is 1. The van der Waals surface area contributed by atoms with Crippen LogP contribution in [-0.2, 0) is 13.1 Å². The molecule has 2 aromatic rings. The van der Waals surface area contributed by atoms with Crippen molar-refractivity contribution in [2.24, 2.45) is 0 Å². The van der Waals surface area contributed by atoms with Crippen molar-refractivity contribution in [2.75, 3.05) is 19.0 Å². The Bertz CT molecular complexity index is 556. The van der Waals surface area contributed by atoms with Crippen LogP contribution in [-0.4, -0.2) is 14.1 Å². The molecule has 1 N–H and O–H groups in total. The van der Waals surface area contributed by atoms with Gasteiger partial charge in [0, 0.05) is 32.9 Å². The highest BCUT2D eigenvalue weighted by Gasteiger charge is 1.99. The lowest BCUT2D eigenvalue weighted by Crippen LogP contribution is -2.14. The molecule has 0 fully saturated rings. The zero-order valence-corrected chi connectivity index (χ0v) is 12.9. The SMILES string of the molecule is Cc1ccc(CNCc2ccc(N(C)C)cc2)c(C)c1. The second-order valence-corrected chi connectivity index (χ2v) is 5.59. The van der Waals surface area contributed by atoms with E-state index in [1.165, 1.54) is 27.9 Å². The fourth-order valence-electron chi connectivity index (χ4n) is 2.30. The third-order valence-electron chi connectivity index (χ3n) is 3.60. The topological polar surface area (TPSA) is 15.3 Å². The van der Waals surface area contributed by atoms with Crippen molar-refractivity contribution in [3.8, 4) is 0 Å². The number of hydrogen-bond acceptors (Lipinski definition) is 2. The van der Waals surface area contributed by atoms with Crippen LogP contribution in [0.5, 0.6) is 0 Å². The molecule has 2 heteroatoms. The fourth-order valence-corrected chi connectivity index (χ4v) is 2.30. The number of benzene rings is 2. The Hall–Kier alpha value is -1.80. The van der Waals surface area contributed by atoms with E-state index in [4.69, 9.17) is 0 Å².